The number of nitrogens with two attached hydrogens (primary N) is 1. The number of rotatable bonds is 7. The van der Waals surface area contributed by atoms with E-state index in [1.165, 1.54) is 0 Å². The standard InChI is InChI=1S/C16H22N4O/c1-2-6-15-18-10-12-20(15)11-5-9-16(21)19-14-8-4-3-7-13(14)17/h3-4,7-8,10,12H,2,5-6,9,11,17H2,1H3,(H,19,21). The molecule has 1 aromatic heterocycles. The van der Waals surface area contributed by atoms with Crippen molar-refractivity contribution in [2.45, 2.75) is 39.2 Å². The van der Waals surface area contributed by atoms with Gasteiger partial charge in [0.05, 0.1) is 11.4 Å². The molecule has 0 aliphatic carbocycles. The van der Waals surface area contributed by atoms with E-state index in [9.17, 15) is 4.79 Å². The molecule has 2 rings (SSSR count). The Morgan fingerprint density at radius 3 is 2.95 bits per heavy atom. The van der Waals surface area contributed by atoms with Crippen molar-refractivity contribution in [2.24, 2.45) is 0 Å². The van der Waals surface area contributed by atoms with Gasteiger partial charge in [-0.15, -0.1) is 0 Å². The van der Waals surface area contributed by atoms with Crippen molar-refractivity contribution in [2.75, 3.05) is 11.1 Å². The second-order valence-corrected chi connectivity index (χ2v) is 5.03. The highest BCUT2D eigenvalue weighted by atomic mass is 16.1. The minimum absolute atomic E-state index is 0.00921. The third-order valence-electron chi connectivity index (χ3n) is 3.31. The van der Waals surface area contributed by atoms with Crippen LogP contribution in [0.3, 0.4) is 0 Å². The maximum atomic E-state index is 11.9. The van der Waals surface area contributed by atoms with Crippen LogP contribution in [0.4, 0.5) is 11.4 Å². The number of amides is 1. The lowest BCUT2D eigenvalue weighted by Crippen LogP contribution is -2.14. The van der Waals surface area contributed by atoms with Crippen LogP contribution >= 0.6 is 0 Å². The van der Waals surface area contributed by atoms with Crippen LogP contribution in [0.1, 0.15) is 32.0 Å². The fraction of sp³-hybridized carbons (Fsp3) is 0.375. The molecular formula is C16H22N4O. The summed E-state index contributed by atoms with van der Waals surface area (Å²) in [4.78, 5) is 16.2. The maximum absolute atomic E-state index is 11.9. The lowest BCUT2D eigenvalue weighted by atomic mass is 10.2. The SMILES string of the molecule is CCCc1nccn1CCCC(=O)Nc1ccccc1N. The van der Waals surface area contributed by atoms with Gasteiger partial charge in [-0.25, -0.2) is 4.98 Å². The number of hydrogen-bond acceptors (Lipinski definition) is 3. The third kappa shape index (κ3) is 4.34. The van der Waals surface area contributed by atoms with Crippen LogP contribution in [0, 0.1) is 0 Å². The third-order valence-corrected chi connectivity index (χ3v) is 3.31. The fourth-order valence-corrected chi connectivity index (χ4v) is 2.23. The summed E-state index contributed by atoms with van der Waals surface area (Å²) < 4.78 is 2.12. The van der Waals surface area contributed by atoms with Crippen molar-refractivity contribution in [1.82, 2.24) is 9.55 Å². The molecule has 112 valence electrons. The number of aromatic nitrogens is 2. The van der Waals surface area contributed by atoms with Gasteiger partial charge in [0.15, 0.2) is 0 Å². The van der Waals surface area contributed by atoms with Gasteiger partial charge in [0.2, 0.25) is 5.91 Å². The van der Waals surface area contributed by atoms with E-state index < -0.39 is 0 Å². The molecule has 2 aromatic rings. The van der Waals surface area contributed by atoms with Crippen molar-refractivity contribution >= 4 is 17.3 Å². The second kappa shape index (κ2) is 7.47. The number of nitrogens with zero attached hydrogens (tertiary/aromatic N) is 2. The van der Waals surface area contributed by atoms with E-state index >= 15 is 0 Å². The van der Waals surface area contributed by atoms with Crippen LogP contribution in [0.2, 0.25) is 0 Å². The number of para-hydroxylation sites is 2. The largest absolute Gasteiger partial charge is 0.397 e. The van der Waals surface area contributed by atoms with Gasteiger partial charge in [-0.1, -0.05) is 19.1 Å². The Morgan fingerprint density at radius 2 is 2.19 bits per heavy atom. The van der Waals surface area contributed by atoms with E-state index in [-0.39, 0.29) is 5.91 Å². The average Bonchev–Trinajstić information content (AvgIpc) is 2.89. The minimum atomic E-state index is -0.00921. The van der Waals surface area contributed by atoms with Crippen molar-refractivity contribution in [1.29, 1.82) is 0 Å². The first-order valence-electron chi connectivity index (χ1n) is 7.35. The topological polar surface area (TPSA) is 72.9 Å². The lowest BCUT2D eigenvalue weighted by molar-refractivity contribution is -0.116. The van der Waals surface area contributed by atoms with E-state index in [1.807, 2.05) is 30.6 Å². The molecule has 0 aliphatic rings. The second-order valence-electron chi connectivity index (χ2n) is 5.03. The molecule has 1 heterocycles. The molecule has 0 spiro atoms. The molecule has 0 atom stereocenters. The molecular weight excluding hydrogens is 264 g/mol. The van der Waals surface area contributed by atoms with Crippen LogP contribution in [0.5, 0.6) is 0 Å². The highest BCUT2D eigenvalue weighted by Gasteiger charge is 2.06. The Hall–Kier alpha value is -2.30. The summed E-state index contributed by atoms with van der Waals surface area (Å²) in [5.41, 5.74) is 7.07. The number of hydrogen-bond donors (Lipinski definition) is 2. The van der Waals surface area contributed by atoms with Crippen LogP contribution in [0.15, 0.2) is 36.7 Å². The zero-order valence-electron chi connectivity index (χ0n) is 12.4. The van der Waals surface area contributed by atoms with Crippen LogP contribution in [0.25, 0.3) is 0 Å². The molecule has 0 saturated carbocycles. The van der Waals surface area contributed by atoms with Crippen LogP contribution in [-0.2, 0) is 17.8 Å². The predicted octanol–water partition coefficient (Wildman–Crippen LogP) is 2.84. The Morgan fingerprint density at radius 1 is 1.38 bits per heavy atom. The van der Waals surface area contributed by atoms with E-state index in [4.69, 9.17) is 5.73 Å². The average molecular weight is 286 g/mol. The molecule has 0 bridgehead atoms. The smallest absolute Gasteiger partial charge is 0.224 e. The van der Waals surface area contributed by atoms with Crippen LogP contribution < -0.4 is 11.1 Å². The zero-order valence-corrected chi connectivity index (χ0v) is 12.4. The van der Waals surface area contributed by atoms with Gasteiger partial charge in [0, 0.05) is 31.8 Å². The molecule has 0 aliphatic heterocycles. The molecule has 0 unspecified atom stereocenters. The quantitative estimate of drug-likeness (QED) is 0.769. The van der Waals surface area contributed by atoms with Gasteiger partial charge in [-0.2, -0.15) is 0 Å². The normalized spacial score (nSPS) is 10.5. The van der Waals surface area contributed by atoms with Gasteiger partial charge in [0.1, 0.15) is 5.82 Å². The molecule has 0 radical (unpaired) electrons. The lowest BCUT2D eigenvalue weighted by Gasteiger charge is -2.09. The summed E-state index contributed by atoms with van der Waals surface area (Å²) in [6, 6.07) is 7.29. The minimum Gasteiger partial charge on any atom is -0.397 e. The van der Waals surface area contributed by atoms with Gasteiger partial charge < -0.3 is 15.6 Å². The first-order valence-corrected chi connectivity index (χ1v) is 7.35. The monoisotopic (exact) mass is 286 g/mol. The van der Waals surface area contributed by atoms with Gasteiger partial charge in [0.25, 0.3) is 0 Å². The summed E-state index contributed by atoms with van der Waals surface area (Å²) in [5, 5.41) is 2.84. The Labute approximate surface area is 125 Å². The highest BCUT2D eigenvalue weighted by Crippen LogP contribution is 2.17. The first kappa shape index (κ1) is 15.1. The fourth-order valence-electron chi connectivity index (χ4n) is 2.23. The maximum Gasteiger partial charge on any atom is 0.224 e. The predicted molar refractivity (Wildman–Crippen MR) is 84.9 cm³/mol. The molecule has 0 fully saturated rings. The van der Waals surface area contributed by atoms with Gasteiger partial charge in [-0.05, 0) is 25.0 Å². The van der Waals surface area contributed by atoms with E-state index in [0.29, 0.717) is 17.8 Å². The van der Waals surface area contributed by atoms with Gasteiger partial charge >= 0.3 is 0 Å². The summed E-state index contributed by atoms with van der Waals surface area (Å²) in [6.07, 6.45) is 7.09. The number of nitrogen functional groups attached to an aromatic ring is 1. The van der Waals surface area contributed by atoms with Crippen molar-refractivity contribution < 1.29 is 4.79 Å². The number of benzene rings is 1. The summed E-state index contributed by atoms with van der Waals surface area (Å²) in [5.74, 6) is 1.08. The Kier molecular flexibility index (Phi) is 5.37. The number of nitrogens with one attached hydrogen (secondary N) is 1. The molecule has 3 N–H and O–H groups in total. The number of imidazole rings is 1. The number of carbonyl (C=O) groups is 1. The molecule has 1 amide bonds. The summed E-state index contributed by atoms with van der Waals surface area (Å²) in [7, 11) is 0. The molecule has 0 saturated heterocycles. The molecule has 5 nitrogen and oxygen atoms in total. The van der Waals surface area contributed by atoms with Crippen molar-refractivity contribution in [3.63, 3.8) is 0 Å². The zero-order chi connectivity index (χ0) is 15.1. The van der Waals surface area contributed by atoms with E-state index in [0.717, 1.165) is 31.6 Å². The highest BCUT2D eigenvalue weighted by molar-refractivity contribution is 5.93. The number of anilines is 2. The van der Waals surface area contributed by atoms with Crippen molar-refractivity contribution in [3.8, 4) is 0 Å². The molecule has 5 heteroatoms. The Balaban J connectivity index is 1.79. The summed E-state index contributed by atoms with van der Waals surface area (Å²) >= 11 is 0. The van der Waals surface area contributed by atoms with E-state index in [2.05, 4.69) is 21.8 Å². The van der Waals surface area contributed by atoms with Crippen LogP contribution in [-0.4, -0.2) is 15.5 Å². The summed E-state index contributed by atoms with van der Waals surface area (Å²) in [6.45, 7) is 2.95. The molecule has 21 heavy (non-hydrogen) atoms. The Bertz CT molecular complexity index is 591. The first-order chi connectivity index (χ1) is 10.2. The van der Waals surface area contributed by atoms with Gasteiger partial charge in [-0.3, -0.25) is 4.79 Å². The van der Waals surface area contributed by atoms with Crippen molar-refractivity contribution in [3.05, 3.63) is 42.5 Å². The number of carbonyl (C=O) groups excluding carboxylic acids is 1. The molecule has 1 aromatic carbocycles. The van der Waals surface area contributed by atoms with E-state index in [1.54, 1.807) is 6.07 Å². The number of aryl methyl sites for hydroxylation is 2.